The van der Waals surface area contributed by atoms with Gasteiger partial charge >= 0.3 is 17.9 Å². The monoisotopic (exact) mass is 1470 g/mol. The van der Waals surface area contributed by atoms with Gasteiger partial charge in [0.05, 0.1) is 70.3 Å². The standard InChI is InChI=1S/C70H104O33/c1-29-54(100-58-49(83)45(79)39(27-93-58)98-60-50(84)46(80)43(77)36(24-71)95-60)48(82)52(86)59(94-29)101-56-53(87)55(99-42(76)14-10-30-9-12-34(91-7)35(21-30)92-8)38(26-73)97-62(56)103-64(90)69-18-17-65(2,3)22-32(69)31-11-13-40-66(4)23-33(75)57(102-61-51(85)47(81)44(78)37(25-72)96-61)68(6,63(88)89)41(66)15-16-67(40,5)70(31,28-74)20-19-69/h9-12,14,21,29,32-33,36-41,43-62,71-75,77-87H,13,15-20,22-28H2,1-8H3,(H,88,89). The number of hydrogen-bond acceptors (Lipinski definition) is 32. The van der Waals surface area contributed by atoms with Crippen molar-refractivity contribution < 1.29 is 163 Å². The van der Waals surface area contributed by atoms with Crippen LogP contribution in [0.15, 0.2) is 35.9 Å². The first-order chi connectivity index (χ1) is 48.6. The summed E-state index contributed by atoms with van der Waals surface area (Å²) in [5.41, 5.74) is -5.31. The number of carboxylic acid groups (broad SMARTS) is 1. The Morgan fingerprint density at radius 2 is 1.16 bits per heavy atom. The molecule has 10 aliphatic rings. The Hall–Kier alpha value is -4.29. The van der Waals surface area contributed by atoms with Crippen molar-refractivity contribution in [1.29, 1.82) is 0 Å². The minimum Gasteiger partial charge on any atom is -0.493 e. The summed E-state index contributed by atoms with van der Waals surface area (Å²) in [6.45, 7) is 7.51. The van der Waals surface area contributed by atoms with Gasteiger partial charge in [-0.2, -0.15) is 0 Å². The van der Waals surface area contributed by atoms with E-state index in [0.29, 0.717) is 42.7 Å². The zero-order valence-corrected chi connectivity index (χ0v) is 58.7. The maximum atomic E-state index is 16.0. The highest BCUT2D eigenvalue weighted by Crippen LogP contribution is 2.76. The minimum absolute atomic E-state index is 0.0144. The van der Waals surface area contributed by atoms with E-state index < -0.39 is 261 Å². The molecule has 5 aliphatic heterocycles. The highest BCUT2D eigenvalue weighted by molar-refractivity contribution is 5.87. The fourth-order valence-electron chi connectivity index (χ4n) is 19.3. The number of carbonyl (C=O) groups excluding carboxylic acids is 2. The van der Waals surface area contributed by atoms with Gasteiger partial charge in [-0.05, 0) is 129 Å². The molecule has 0 spiro atoms. The lowest BCUT2D eigenvalue weighted by molar-refractivity contribution is -0.379. The number of aliphatic hydroxyl groups excluding tert-OH is 16. The summed E-state index contributed by atoms with van der Waals surface area (Å²) in [5.74, 6) is -4.24. The molecular formula is C70H104O33. The van der Waals surface area contributed by atoms with Crippen molar-refractivity contribution in [2.75, 3.05) is 47.3 Å². The highest BCUT2D eigenvalue weighted by atomic mass is 16.8. The predicted octanol–water partition coefficient (Wildman–Crippen LogP) is -3.25. The molecular weight excluding hydrogens is 1370 g/mol. The lowest BCUT2D eigenvalue weighted by atomic mass is 9.33. The van der Waals surface area contributed by atoms with E-state index in [-0.39, 0.29) is 32.1 Å². The fraction of sp³-hybridized carbons (Fsp3) is 0.814. The maximum Gasteiger partial charge on any atom is 0.331 e. The van der Waals surface area contributed by atoms with E-state index in [0.717, 1.165) is 11.6 Å². The van der Waals surface area contributed by atoms with Gasteiger partial charge in [0.15, 0.2) is 48.9 Å². The Morgan fingerprint density at radius 3 is 1.77 bits per heavy atom. The normalized spacial score (nSPS) is 48.3. The van der Waals surface area contributed by atoms with Crippen LogP contribution in [0.2, 0.25) is 0 Å². The van der Waals surface area contributed by atoms with E-state index in [4.69, 9.17) is 61.6 Å². The van der Waals surface area contributed by atoms with Crippen molar-refractivity contribution in [2.45, 2.75) is 259 Å². The average Bonchev–Trinajstić information content (AvgIpc) is 0.671. The number of aliphatic carboxylic acids is 1. The molecule has 0 radical (unpaired) electrons. The van der Waals surface area contributed by atoms with Gasteiger partial charge in [-0.15, -0.1) is 0 Å². The van der Waals surface area contributed by atoms with E-state index in [9.17, 15) is 96.4 Å². The number of esters is 2. The topological polar surface area (TPSA) is 515 Å². The average molecular weight is 1470 g/mol. The fourth-order valence-corrected chi connectivity index (χ4v) is 19.3. The number of allylic oxidation sites excluding steroid dienone is 1. The van der Waals surface area contributed by atoms with Crippen LogP contribution in [0.4, 0.5) is 0 Å². The molecule has 0 aromatic heterocycles. The summed E-state index contributed by atoms with van der Waals surface area (Å²) >= 11 is 0. The summed E-state index contributed by atoms with van der Waals surface area (Å²) in [7, 11) is 2.87. The minimum atomic E-state index is -2.13. The van der Waals surface area contributed by atoms with Gasteiger partial charge in [0, 0.05) is 11.5 Å². The first-order valence-electron chi connectivity index (χ1n) is 35.3. The van der Waals surface area contributed by atoms with Gasteiger partial charge in [-0.25, -0.2) is 4.79 Å². The number of aliphatic hydroxyl groups is 16. The Bertz CT molecular complexity index is 3210. The number of hydrogen-bond donors (Lipinski definition) is 17. The predicted molar refractivity (Wildman–Crippen MR) is 345 cm³/mol. The van der Waals surface area contributed by atoms with Crippen LogP contribution in [0.25, 0.3) is 6.08 Å². The molecule has 0 amide bonds. The van der Waals surface area contributed by atoms with E-state index in [1.807, 2.05) is 13.0 Å². The van der Waals surface area contributed by atoms with Gasteiger partial charge in [-0.3, -0.25) is 9.59 Å². The van der Waals surface area contributed by atoms with Crippen LogP contribution in [0.1, 0.15) is 105 Å². The summed E-state index contributed by atoms with van der Waals surface area (Å²) in [6, 6.07) is 4.79. The SMILES string of the molecule is COc1ccc(C=CC(=O)OC2C(CO)OC(OC(=O)C34CCC(C)(C)CC3C3=CCC5C6(C)CC(O)C(OC7OC(CO)C(O)C(O)C7O)C(C)(C(=O)O)C6CCC5(C)C3(CO)CC4)C(OC3OC(C)C(OC4OCC(OC5OC(CO)C(O)C(O)C5O)C(O)C4O)C(O)C3O)C2O)cc1OC. The van der Waals surface area contributed by atoms with Crippen molar-refractivity contribution in [3.63, 3.8) is 0 Å². The highest BCUT2D eigenvalue weighted by Gasteiger charge is 2.74. The summed E-state index contributed by atoms with van der Waals surface area (Å²) in [6.07, 6.45) is -39.0. The molecule has 34 atom stereocenters. The molecule has 5 heterocycles. The van der Waals surface area contributed by atoms with Gasteiger partial charge in [0.25, 0.3) is 0 Å². The molecule has 582 valence electrons. The summed E-state index contributed by atoms with van der Waals surface area (Å²) < 4.78 is 76.4. The number of ether oxygens (including phenoxy) is 13. The molecule has 4 saturated carbocycles. The largest absolute Gasteiger partial charge is 0.493 e. The molecule has 1 aromatic rings. The Balaban J connectivity index is 0.859. The Labute approximate surface area is 594 Å². The van der Waals surface area contributed by atoms with Crippen LogP contribution in [-0.2, 0) is 66.5 Å². The number of methoxy groups -OCH3 is 2. The van der Waals surface area contributed by atoms with Crippen LogP contribution in [0.3, 0.4) is 0 Å². The number of carboxylic acids is 1. The second kappa shape index (κ2) is 30.6. The van der Waals surface area contributed by atoms with Crippen LogP contribution in [0.5, 0.6) is 11.5 Å². The van der Waals surface area contributed by atoms with Gasteiger partial charge in [0.1, 0.15) is 104 Å². The van der Waals surface area contributed by atoms with Gasteiger partial charge < -0.3 is 148 Å². The Kier molecular flexibility index (Phi) is 23.7. The van der Waals surface area contributed by atoms with Crippen LogP contribution in [-0.4, -0.2) is 312 Å². The van der Waals surface area contributed by atoms with E-state index in [1.54, 1.807) is 18.2 Å². The summed E-state index contributed by atoms with van der Waals surface area (Å²) in [4.78, 5) is 43.7. The van der Waals surface area contributed by atoms with Crippen LogP contribution >= 0.6 is 0 Å². The lowest BCUT2D eigenvalue weighted by Crippen LogP contribution is -2.71. The molecule has 34 unspecified atom stereocenters. The first kappa shape index (κ1) is 79.7. The molecule has 5 saturated heterocycles. The third-order valence-corrected chi connectivity index (χ3v) is 25.2. The number of fused-ring (bicyclic) bond motifs is 7. The number of carbonyl (C=O) groups is 3. The second-order valence-corrected chi connectivity index (χ2v) is 31.3. The van der Waals surface area contributed by atoms with E-state index >= 15 is 4.79 Å². The van der Waals surface area contributed by atoms with E-state index in [1.165, 1.54) is 34.1 Å². The second-order valence-electron chi connectivity index (χ2n) is 31.3. The molecule has 33 heteroatoms. The smallest absolute Gasteiger partial charge is 0.331 e. The molecule has 17 N–H and O–H groups in total. The zero-order chi connectivity index (χ0) is 75.1. The van der Waals surface area contributed by atoms with E-state index in [2.05, 4.69) is 20.8 Å². The number of rotatable bonds is 20. The van der Waals surface area contributed by atoms with Crippen molar-refractivity contribution in [3.05, 3.63) is 41.5 Å². The van der Waals surface area contributed by atoms with Gasteiger partial charge in [-0.1, -0.05) is 45.4 Å². The zero-order valence-electron chi connectivity index (χ0n) is 58.7. The van der Waals surface area contributed by atoms with Crippen molar-refractivity contribution in [2.24, 2.45) is 50.2 Å². The first-order valence-corrected chi connectivity index (χ1v) is 35.3. The van der Waals surface area contributed by atoms with Crippen LogP contribution in [0, 0.1) is 50.2 Å². The molecule has 5 aliphatic carbocycles. The number of benzene rings is 1. The lowest BCUT2D eigenvalue weighted by Gasteiger charge is -2.71. The summed E-state index contributed by atoms with van der Waals surface area (Å²) in [5, 5.41) is 189. The van der Waals surface area contributed by atoms with Crippen molar-refractivity contribution in [1.82, 2.24) is 0 Å². The molecule has 33 nitrogen and oxygen atoms in total. The van der Waals surface area contributed by atoms with Crippen molar-refractivity contribution >= 4 is 24.0 Å². The molecule has 0 bridgehead atoms. The van der Waals surface area contributed by atoms with Crippen molar-refractivity contribution in [3.8, 4) is 11.5 Å². The Morgan fingerprint density at radius 1 is 0.573 bits per heavy atom. The van der Waals surface area contributed by atoms with Gasteiger partial charge in [0.2, 0.25) is 6.29 Å². The molecule has 103 heavy (non-hydrogen) atoms. The maximum absolute atomic E-state index is 16.0. The quantitative estimate of drug-likeness (QED) is 0.0264. The molecule has 9 fully saturated rings. The third kappa shape index (κ3) is 13.9. The molecule has 1 aromatic carbocycles. The molecule has 11 rings (SSSR count). The third-order valence-electron chi connectivity index (χ3n) is 25.2. The van der Waals surface area contributed by atoms with Crippen LogP contribution < -0.4 is 9.47 Å².